The van der Waals surface area contributed by atoms with Crippen LogP contribution in [0.4, 0.5) is 15.8 Å². The fourth-order valence-corrected chi connectivity index (χ4v) is 2.99. The van der Waals surface area contributed by atoms with Gasteiger partial charge in [-0.05, 0) is 61.9 Å². The van der Waals surface area contributed by atoms with Crippen LogP contribution in [0.1, 0.15) is 30.1 Å². The number of nitrogens with one attached hydrogen (secondary N) is 2. The Hall–Kier alpha value is -3.87. The highest BCUT2D eigenvalue weighted by Gasteiger charge is 2.10. The normalized spacial score (nSPS) is 10.3. The molecule has 0 bridgehead atoms. The summed E-state index contributed by atoms with van der Waals surface area (Å²) < 4.78 is 24.5. The van der Waals surface area contributed by atoms with E-state index in [0.29, 0.717) is 48.1 Å². The quantitative estimate of drug-likeness (QED) is 0.424. The summed E-state index contributed by atoms with van der Waals surface area (Å²) >= 11 is 0. The largest absolute Gasteiger partial charge is 0.490 e. The Bertz CT molecular complexity index is 1070. The van der Waals surface area contributed by atoms with Gasteiger partial charge in [0, 0.05) is 23.4 Å². The van der Waals surface area contributed by atoms with Crippen LogP contribution in [0.2, 0.25) is 0 Å². The lowest BCUT2D eigenvalue weighted by Gasteiger charge is -2.11. The molecule has 6 nitrogen and oxygen atoms in total. The third-order valence-electron chi connectivity index (χ3n) is 4.45. The number of halogens is 1. The predicted octanol–water partition coefficient (Wildman–Crippen LogP) is 5.27. The Labute approximate surface area is 186 Å². The molecule has 0 aliphatic heterocycles. The highest BCUT2D eigenvalue weighted by Crippen LogP contribution is 2.26. The van der Waals surface area contributed by atoms with Gasteiger partial charge in [0.15, 0.2) is 11.5 Å². The van der Waals surface area contributed by atoms with Crippen molar-refractivity contribution in [1.82, 2.24) is 0 Å². The summed E-state index contributed by atoms with van der Waals surface area (Å²) in [6.07, 6.45) is 0.780. The molecule has 0 atom stereocenters. The summed E-state index contributed by atoms with van der Waals surface area (Å²) in [6.45, 7) is 2.82. The van der Waals surface area contributed by atoms with E-state index in [-0.39, 0.29) is 12.3 Å². The average Bonchev–Trinajstić information content (AvgIpc) is 2.78. The topological polar surface area (TPSA) is 76.7 Å². The minimum atomic E-state index is -0.436. The summed E-state index contributed by atoms with van der Waals surface area (Å²) in [5, 5.41) is 5.41. The second-order valence-corrected chi connectivity index (χ2v) is 6.93. The van der Waals surface area contributed by atoms with Gasteiger partial charge in [0.2, 0.25) is 5.91 Å². The van der Waals surface area contributed by atoms with Crippen LogP contribution in [-0.4, -0.2) is 25.0 Å². The first-order valence-electron chi connectivity index (χ1n) is 10.4. The second-order valence-electron chi connectivity index (χ2n) is 6.93. The van der Waals surface area contributed by atoms with Crippen molar-refractivity contribution in [2.45, 2.75) is 19.8 Å². The smallest absolute Gasteiger partial charge is 0.255 e. The van der Waals surface area contributed by atoms with Gasteiger partial charge in [-0.15, -0.1) is 0 Å². The molecule has 2 amide bonds. The molecular formula is C25H25FN2O4. The van der Waals surface area contributed by atoms with Crippen molar-refractivity contribution >= 4 is 23.2 Å². The highest BCUT2D eigenvalue weighted by molar-refractivity contribution is 6.05. The first-order valence-corrected chi connectivity index (χ1v) is 10.4. The SMILES string of the molecule is CCOc1ccccc1OCCCC(=O)Nc1cccc(C(=O)Nc2cccc(F)c2)c1. The molecular weight excluding hydrogens is 411 g/mol. The number of hydrogen-bond acceptors (Lipinski definition) is 4. The van der Waals surface area contributed by atoms with Crippen LogP contribution in [0.15, 0.2) is 72.8 Å². The maximum atomic E-state index is 13.3. The fourth-order valence-electron chi connectivity index (χ4n) is 2.99. The zero-order chi connectivity index (χ0) is 22.8. The van der Waals surface area contributed by atoms with Crippen LogP contribution in [-0.2, 0) is 4.79 Å². The molecule has 0 heterocycles. The zero-order valence-electron chi connectivity index (χ0n) is 17.8. The van der Waals surface area contributed by atoms with Crippen LogP contribution < -0.4 is 20.1 Å². The van der Waals surface area contributed by atoms with Crippen molar-refractivity contribution < 1.29 is 23.5 Å². The Morgan fingerprint density at radius 1 is 0.844 bits per heavy atom. The molecule has 0 unspecified atom stereocenters. The number of benzene rings is 3. The van der Waals surface area contributed by atoms with E-state index >= 15 is 0 Å². The Morgan fingerprint density at radius 2 is 1.53 bits per heavy atom. The molecule has 0 aliphatic rings. The number of para-hydroxylation sites is 2. The number of carbonyl (C=O) groups excluding carboxylic acids is 2. The van der Waals surface area contributed by atoms with Gasteiger partial charge in [-0.2, -0.15) is 0 Å². The molecule has 32 heavy (non-hydrogen) atoms. The van der Waals surface area contributed by atoms with Gasteiger partial charge >= 0.3 is 0 Å². The molecule has 0 aliphatic carbocycles. The Morgan fingerprint density at radius 3 is 2.25 bits per heavy atom. The zero-order valence-corrected chi connectivity index (χ0v) is 17.8. The molecule has 0 spiro atoms. The van der Waals surface area contributed by atoms with Crippen molar-refractivity contribution in [3.8, 4) is 11.5 Å². The number of rotatable bonds is 10. The van der Waals surface area contributed by atoms with Crippen LogP contribution in [0.3, 0.4) is 0 Å². The van der Waals surface area contributed by atoms with E-state index < -0.39 is 11.7 Å². The van der Waals surface area contributed by atoms with Gasteiger partial charge in [0.25, 0.3) is 5.91 Å². The molecule has 7 heteroatoms. The molecule has 0 fully saturated rings. The van der Waals surface area contributed by atoms with Gasteiger partial charge in [0.1, 0.15) is 5.82 Å². The van der Waals surface area contributed by atoms with E-state index in [4.69, 9.17) is 9.47 Å². The average molecular weight is 436 g/mol. The first-order chi connectivity index (χ1) is 15.5. The van der Waals surface area contributed by atoms with E-state index in [1.165, 1.54) is 18.2 Å². The van der Waals surface area contributed by atoms with Crippen molar-refractivity contribution in [3.63, 3.8) is 0 Å². The van der Waals surface area contributed by atoms with Gasteiger partial charge in [-0.1, -0.05) is 24.3 Å². The maximum absolute atomic E-state index is 13.3. The Balaban J connectivity index is 1.48. The van der Waals surface area contributed by atoms with E-state index in [9.17, 15) is 14.0 Å². The lowest BCUT2D eigenvalue weighted by atomic mass is 10.1. The lowest BCUT2D eigenvalue weighted by molar-refractivity contribution is -0.116. The molecule has 2 N–H and O–H groups in total. The van der Waals surface area contributed by atoms with Gasteiger partial charge in [-0.25, -0.2) is 4.39 Å². The predicted molar refractivity (Wildman–Crippen MR) is 122 cm³/mol. The molecule has 3 aromatic rings. The molecule has 0 radical (unpaired) electrons. The van der Waals surface area contributed by atoms with Gasteiger partial charge in [-0.3, -0.25) is 9.59 Å². The van der Waals surface area contributed by atoms with Crippen LogP contribution >= 0.6 is 0 Å². The number of amides is 2. The number of hydrogen-bond donors (Lipinski definition) is 2. The summed E-state index contributed by atoms with van der Waals surface area (Å²) in [6, 6.07) is 19.6. The minimum absolute atomic E-state index is 0.186. The second kappa shape index (κ2) is 11.5. The standard InChI is InChI=1S/C25H25FN2O4/c1-2-31-22-12-3-4-13-23(22)32-15-7-14-24(29)27-20-10-5-8-18(16-20)25(30)28-21-11-6-9-19(26)17-21/h3-6,8-13,16-17H,2,7,14-15H2,1H3,(H,27,29)(H,28,30). The molecule has 0 saturated carbocycles. The van der Waals surface area contributed by atoms with Crippen molar-refractivity contribution in [1.29, 1.82) is 0 Å². The monoisotopic (exact) mass is 436 g/mol. The van der Waals surface area contributed by atoms with Crippen LogP contribution in [0, 0.1) is 5.82 Å². The minimum Gasteiger partial charge on any atom is -0.490 e. The third kappa shape index (κ3) is 6.84. The van der Waals surface area contributed by atoms with Crippen molar-refractivity contribution in [2.24, 2.45) is 0 Å². The Kier molecular flexibility index (Phi) is 8.20. The fraction of sp³-hybridized carbons (Fsp3) is 0.200. The molecule has 3 aromatic carbocycles. The van der Waals surface area contributed by atoms with Gasteiger partial charge in [0.05, 0.1) is 13.2 Å². The molecule has 0 aromatic heterocycles. The maximum Gasteiger partial charge on any atom is 0.255 e. The van der Waals surface area contributed by atoms with Crippen LogP contribution in [0.25, 0.3) is 0 Å². The van der Waals surface area contributed by atoms with Gasteiger partial charge < -0.3 is 20.1 Å². The lowest BCUT2D eigenvalue weighted by Crippen LogP contribution is -2.15. The summed E-state index contributed by atoms with van der Waals surface area (Å²) in [5.41, 5.74) is 1.21. The number of ether oxygens (including phenoxy) is 2. The van der Waals surface area contributed by atoms with E-state index in [0.717, 1.165) is 0 Å². The van der Waals surface area contributed by atoms with E-state index in [1.807, 2.05) is 31.2 Å². The highest BCUT2D eigenvalue weighted by atomic mass is 19.1. The molecule has 3 rings (SSSR count). The van der Waals surface area contributed by atoms with Crippen molar-refractivity contribution in [2.75, 3.05) is 23.8 Å². The molecule has 0 saturated heterocycles. The summed E-state index contributed by atoms with van der Waals surface area (Å²) in [4.78, 5) is 24.7. The van der Waals surface area contributed by atoms with E-state index in [2.05, 4.69) is 10.6 Å². The van der Waals surface area contributed by atoms with E-state index in [1.54, 1.807) is 30.3 Å². The summed E-state index contributed by atoms with van der Waals surface area (Å²) in [5.74, 6) is 0.302. The third-order valence-corrected chi connectivity index (χ3v) is 4.45. The summed E-state index contributed by atoms with van der Waals surface area (Å²) in [7, 11) is 0. The van der Waals surface area contributed by atoms with Crippen LogP contribution in [0.5, 0.6) is 11.5 Å². The van der Waals surface area contributed by atoms with Crippen molar-refractivity contribution in [3.05, 3.63) is 84.2 Å². The number of carbonyl (C=O) groups is 2. The number of anilines is 2. The molecule has 166 valence electrons. The first kappa shape index (κ1) is 22.8.